The Labute approximate surface area is 106 Å². The number of phenolic OH excluding ortho intramolecular Hbond substituents is 1. The van der Waals surface area contributed by atoms with Crippen molar-refractivity contribution in [1.82, 2.24) is 5.32 Å². The van der Waals surface area contributed by atoms with Gasteiger partial charge in [0.15, 0.2) is 0 Å². The maximum atomic E-state index is 11.4. The van der Waals surface area contributed by atoms with Crippen molar-refractivity contribution in [3.8, 4) is 11.8 Å². The molecule has 0 bridgehead atoms. The van der Waals surface area contributed by atoms with Crippen molar-refractivity contribution in [2.24, 2.45) is 0 Å². The summed E-state index contributed by atoms with van der Waals surface area (Å²) in [7, 11) is 0. The summed E-state index contributed by atoms with van der Waals surface area (Å²) in [4.78, 5) is 11.4. The van der Waals surface area contributed by atoms with Crippen molar-refractivity contribution in [3.63, 3.8) is 0 Å². The number of alkyl carbamates (subject to hydrolysis) is 1. The van der Waals surface area contributed by atoms with Gasteiger partial charge in [-0.3, -0.25) is 0 Å². The monoisotopic (exact) mass is 248 g/mol. The third-order valence-corrected chi connectivity index (χ3v) is 2.03. The van der Waals surface area contributed by atoms with E-state index in [9.17, 15) is 9.90 Å². The number of rotatable bonds is 2. The highest BCUT2D eigenvalue weighted by atomic mass is 16.6. The lowest BCUT2D eigenvalue weighted by molar-refractivity contribution is 0.0523. The molecule has 0 unspecified atom stereocenters. The van der Waals surface area contributed by atoms with E-state index >= 15 is 0 Å². The van der Waals surface area contributed by atoms with Crippen molar-refractivity contribution in [2.75, 3.05) is 0 Å². The zero-order valence-electron chi connectivity index (χ0n) is 10.7. The number of nitrogens with zero attached hydrogens (tertiary/aromatic N) is 1. The highest BCUT2D eigenvalue weighted by Gasteiger charge is 2.16. The van der Waals surface area contributed by atoms with Crippen molar-refractivity contribution in [3.05, 3.63) is 29.3 Å². The molecule has 0 radical (unpaired) electrons. The molecule has 0 aliphatic carbocycles. The molecule has 0 aliphatic heterocycles. The van der Waals surface area contributed by atoms with E-state index in [1.807, 2.05) is 6.07 Å². The van der Waals surface area contributed by atoms with E-state index in [1.54, 1.807) is 20.8 Å². The summed E-state index contributed by atoms with van der Waals surface area (Å²) in [6, 6.07) is 6.41. The summed E-state index contributed by atoms with van der Waals surface area (Å²) in [5, 5.41) is 20.8. The average Bonchev–Trinajstić information content (AvgIpc) is 2.25. The van der Waals surface area contributed by atoms with Gasteiger partial charge in [0.05, 0.1) is 11.6 Å². The van der Waals surface area contributed by atoms with Crippen molar-refractivity contribution < 1.29 is 14.6 Å². The minimum atomic E-state index is -0.569. The van der Waals surface area contributed by atoms with Gasteiger partial charge in [0.25, 0.3) is 0 Å². The lowest BCUT2D eigenvalue weighted by Crippen LogP contribution is -2.32. The zero-order valence-corrected chi connectivity index (χ0v) is 10.7. The maximum absolute atomic E-state index is 11.4. The first kappa shape index (κ1) is 13.8. The lowest BCUT2D eigenvalue weighted by Gasteiger charge is -2.19. The van der Waals surface area contributed by atoms with Crippen LogP contribution in [0.25, 0.3) is 0 Å². The van der Waals surface area contributed by atoms with E-state index in [4.69, 9.17) is 10.00 Å². The Hall–Kier alpha value is -2.22. The quantitative estimate of drug-likeness (QED) is 0.841. The van der Waals surface area contributed by atoms with Crippen molar-refractivity contribution in [1.29, 1.82) is 5.26 Å². The summed E-state index contributed by atoms with van der Waals surface area (Å²) in [6.45, 7) is 5.40. The molecule has 18 heavy (non-hydrogen) atoms. The fourth-order valence-electron chi connectivity index (χ4n) is 1.28. The van der Waals surface area contributed by atoms with Gasteiger partial charge in [-0.25, -0.2) is 4.79 Å². The fourth-order valence-corrected chi connectivity index (χ4v) is 1.28. The molecule has 0 aliphatic rings. The van der Waals surface area contributed by atoms with Crippen LogP contribution in [0.1, 0.15) is 31.9 Å². The second-order valence-electron chi connectivity index (χ2n) is 4.81. The molecular formula is C13H16N2O3. The molecule has 0 saturated heterocycles. The Bertz CT molecular complexity index is 484. The first-order valence-corrected chi connectivity index (χ1v) is 5.50. The number of hydrogen-bond acceptors (Lipinski definition) is 4. The van der Waals surface area contributed by atoms with Gasteiger partial charge in [-0.05, 0) is 39.0 Å². The van der Waals surface area contributed by atoms with Gasteiger partial charge in [-0.2, -0.15) is 5.26 Å². The maximum Gasteiger partial charge on any atom is 0.407 e. The molecule has 1 rings (SSSR count). The van der Waals surface area contributed by atoms with Crippen molar-refractivity contribution in [2.45, 2.75) is 32.9 Å². The third kappa shape index (κ3) is 4.34. The first-order valence-electron chi connectivity index (χ1n) is 5.50. The number of carbonyl (C=O) groups excluding carboxylic acids is 1. The standard InChI is InChI=1S/C13H16N2O3/c1-13(2,3)18-12(17)15-8-10-6-9(7-14)4-5-11(10)16/h4-6,16H,8H2,1-3H3,(H,15,17). The molecule has 0 heterocycles. The second kappa shape index (κ2) is 5.41. The molecular weight excluding hydrogens is 232 g/mol. The molecule has 1 aromatic carbocycles. The Morgan fingerprint density at radius 1 is 1.50 bits per heavy atom. The van der Waals surface area contributed by atoms with Crippen LogP contribution in [-0.4, -0.2) is 16.8 Å². The molecule has 2 N–H and O–H groups in total. The van der Waals surface area contributed by atoms with E-state index in [-0.39, 0.29) is 12.3 Å². The zero-order chi connectivity index (χ0) is 13.8. The summed E-state index contributed by atoms with van der Waals surface area (Å²) in [5.41, 5.74) is 0.328. The van der Waals surface area contributed by atoms with Crippen LogP contribution in [-0.2, 0) is 11.3 Å². The van der Waals surface area contributed by atoms with Crippen molar-refractivity contribution >= 4 is 6.09 Å². The number of aromatic hydroxyl groups is 1. The Morgan fingerprint density at radius 3 is 2.72 bits per heavy atom. The molecule has 0 saturated carbocycles. The SMILES string of the molecule is CC(C)(C)OC(=O)NCc1cc(C#N)ccc1O. The second-order valence-corrected chi connectivity index (χ2v) is 4.81. The van der Waals surface area contributed by atoms with Crippen LogP contribution in [0.3, 0.4) is 0 Å². The molecule has 1 amide bonds. The number of ether oxygens (including phenoxy) is 1. The number of carbonyl (C=O) groups is 1. The normalized spacial score (nSPS) is 10.6. The summed E-state index contributed by atoms with van der Waals surface area (Å²) in [5.74, 6) is 0.0325. The van der Waals surface area contributed by atoms with Crippen LogP contribution in [0, 0.1) is 11.3 Å². The highest BCUT2D eigenvalue weighted by molar-refractivity contribution is 5.67. The summed E-state index contributed by atoms with van der Waals surface area (Å²) < 4.78 is 5.06. The van der Waals surface area contributed by atoms with E-state index in [1.165, 1.54) is 18.2 Å². The number of nitriles is 1. The summed E-state index contributed by atoms with van der Waals surface area (Å²) >= 11 is 0. The average molecular weight is 248 g/mol. The van der Waals surface area contributed by atoms with Gasteiger partial charge >= 0.3 is 6.09 Å². The van der Waals surface area contributed by atoms with E-state index < -0.39 is 11.7 Å². The highest BCUT2D eigenvalue weighted by Crippen LogP contribution is 2.18. The third-order valence-electron chi connectivity index (χ3n) is 2.03. The molecule has 0 aromatic heterocycles. The predicted octanol–water partition coefficient (Wildman–Crippen LogP) is 2.29. The number of benzene rings is 1. The number of phenols is 1. The number of amides is 1. The molecule has 1 aromatic rings. The van der Waals surface area contributed by atoms with E-state index in [2.05, 4.69) is 5.32 Å². The summed E-state index contributed by atoms with van der Waals surface area (Å²) in [6.07, 6.45) is -0.565. The first-order chi connectivity index (χ1) is 8.31. The smallest absolute Gasteiger partial charge is 0.407 e. The predicted molar refractivity (Wildman–Crippen MR) is 65.9 cm³/mol. The molecule has 0 fully saturated rings. The van der Waals surface area contributed by atoms with Gasteiger partial charge in [0.2, 0.25) is 0 Å². The van der Waals surface area contributed by atoms with Gasteiger partial charge in [0.1, 0.15) is 11.4 Å². The topological polar surface area (TPSA) is 82.3 Å². The van der Waals surface area contributed by atoms with E-state index in [0.29, 0.717) is 11.1 Å². The van der Waals surface area contributed by atoms with Gasteiger partial charge in [-0.1, -0.05) is 0 Å². The lowest BCUT2D eigenvalue weighted by atomic mass is 10.1. The van der Waals surface area contributed by atoms with E-state index in [0.717, 1.165) is 0 Å². The molecule has 0 spiro atoms. The molecule has 96 valence electrons. The number of hydrogen-bond donors (Lipinski definition) is 2. The van der Waals surface area contributed by atoms with Gasteiger partial charge < -0.3 is 15.2 Å². The van der Waals surface area contributed by atoms with Gasteiger partial charge in [-0.15, -0.1) is 0 Å². The van der Waals surface area contributed by atoms with Crippen LogP contribution < -0.4 is 5.32 Å². The van der Waals surface area contributed by atoms with Crippen LogP contribution in [0.15, 0.2) is 18.2 Å². The minimum Gasteiger partial charge on any atom is -0.508 e. The number of nitrogens with one attached hydrogen (secondary N) is 1. The van der Waals surface area contributed by atoms with Gasteiger partial charge in [0, 0.05) is 12.1 Å². The fraction of sp³-hybridized carbons (Fsp3) is 0.385. The van der Waals surface area contributed by atoms with Crippen LogP contribution in [0.5, 0.6) is 5.75 Å². The minimum absolute atomic E-state index is 0.0325. The Morgan fingerprint density at radius 2 is 2.17 bits per heavy atom. The Balaban J connectivity index is 2.64. The molecule has 0 atom stereocenters. The van der Waals surface area contributed by atoms with Crippen LogP contribution >= 0.6 is 0 Å². The molecule has 5 heteroatoms. The van der Waals surface area contributed by atoms with Crippen LogP contribution in [0.4, 0.5) is 4.79 Å². The Kier molecular flexibility index (Phi) is 4.16. The molecule has 5 nitrogen and oxygen atoms in total. The largest absolute Gasteiger partial charge is 0.508 e. The van der Waals surface area contributed by atoms with Crippen LogP contribution in [0.2, 0.25) is 0 Å².